The summed E-state index contributed by atoms with van der Waals surface area (Å²) < 4.78 is 0. The zero-order chi connectivity index (χ0) is 8.57. The molecule has 0 aromatic rings. The van der Waals surface area contributed by atoms with Crippen molar-refractivity contribution in [1.29, 1.82) is 5.41 Å². The fourth-order valence-electron chi connectivity index (χ4n) is 0.237. The lowest BCUT2D eigenvalue weighted by molar-refractivity contribution is 0.528. The highest BCUT2D eigenvalue weighted by Crippen LogP contribution is 1.78. The van der Waals surface area contributed by atoms with Crippen molar-refractivity contribution in [3.63, 3.8) is 0 Å². The highest BCUT2D eigenvalue weighted by atomic mass is 15.1. The van der Waals surface area contributed by atoms with Crippen molar-refractivity contribution in [2.45, 2.75) is 34.1 Å². The first-order valence-electron chi connectivity index (χ1n) is 3.86. The van der Waals surface area contributed by atoms with Crippen LogP contribution in [0.3, 0.4) is 0 Å². The normalized spacial score (nSPS) is 7.70. The second kappa shape index (κ2) is 8.47. The van der Waals surface area contributed by atoms with Crippen LogP contribution >= 0.6 is 0 Å². The van der Waals surface area contributed by atoms with E-state index in [-0.39, 0.29) is 0 Å². The number of hydrogen-bond acceptors (Lipinski definition) is 1. The van der Waals surface area contributed by atoms with Gasteiger partial charge in [0.05, 0.1) is 5.84 Å². The molecule has 0 bridgehead atoms. The summed E-state index contributed by atoms with van der Waals surface area (Å²) in [5.41, 5.74) is 0. The van der Waals surface area contributed by atoms with Gasteiger partial charge in [-0.25, -0.2) is 0 Å². The zero-order valence-electron chi connectivity index (χ0n) is 7.86. The van der Waals surface area contributed by atoms with Crippen molar-refractivity contribution in [1.82, 2.24) is 4.90 Å². The van der Waals surface area contributed by atoms with Crippen molar-refractivity contribution >= 4 is 5.84 Å². The van der Waals surface area contributed by atoms with Gasteiger partial charge < -0.3 is 4.90 Å². The summed E-state index contributed by atoms with van der Waals surface area (Å²) in [6.07, 6.45) is 1.25. The van der Waals surface area contributed by atoms with Crippen LogP contribution in [0.1, 0.15) is 34.1 Å². The molecule has 0 amide bonds. The Morgan fingerprint density at radius 2 is 1.60 bits per heavy atom. The lowest BCUT2D eigenvalue weighted by Crippen LogP contribution is -2.22. The van der Waals surface area contributed by atoms with E-state index >= 15 is 0 Å². The highest BCUT2D eigenvalue weighted by molar-refractivity contribution is 5.75. The largest absolute Gasteiger partial charge is 0.364 e. The molecule has 62 valence electrons. The van der Waals surface area contributed by atoms with Gasteiger partial charge in [0.1, 0.15) is 0 Å². The molecule has 0 atom stereocenters. The minimum atomic E-state index is 0.627. The minimum Gasteiger partial charge on any atom is -0.364 e. The molecule has 1 N–H and O–H groups in total. The van der Waals surface area contributed by atoms with Crippen molar-refractivity contribution in [2.24, 2.45) is 0 Å². The van der Waals surface area contributed by atoms with Gasteiger partial charge in [-0.2, -0.15) is 0 Å². The molecule has 10 heavy (non-hydrogen) atoms. The van der Waals surface area contributed by atoms with Crippen LogP contribution in [0.25, 0.3) is 0 Å². The summed E-state index contributed by atoms with van der Waals surface area (Å²) >= 11 is 0. The standard InChI is InChI=1S/C5H12N2.C3H8/c1-4-7(3)5(2)6;1-3-2/h6H,4H2,1-3H3;3H2,1-2H3. The third-order valence-corrected chi connectivity index (χ3v) is 1.05. The second-order valence-electron chi connectivity index (χ2n) is 2.31. The third-order valence-electron chi connectivity index (χ3n) is 1.05. The predicted molar refractivity (Wildman–Crippen MR) is 47.7 cm³/mol. The van der Waals surface area contributed by atoms with E-state index in [0.717, 1.165) is 6.54 Å². The number of amidine groups is 1. The van der Waals surface area contributed by atoms with Crippen LogP contribution in [0.4, 0.5) is 0 Å². The molecule has 2 nitrogen and oxygen atoms in total. The van der Waals surface area contributed by atoms with Gasteiger partial charge in [-0.1, -0.05) is 20.3 Å². The van der Waals surface area contributed by atoms with Gasteiger partial charge in [-0.3, -0.25) is 5.41 Å². The van der Waals surface area contributed by atoms with E-state index in [0.29, 0.717) is 5.84 Å². The van der Waals surface area contributed by atoms with Gasteiger partial charge in [0.25, 0.3) is 0 Å². The predicted octanol–water partition coefficient (Wildman–Crippen LogP) is 2.35. The molecule has 0 aliphatic carbocycles. The summed E-state index contributed by atoms with van der Waals surface area (Å²) in [6, 6.07) is 0. The van der Waals surface area contributed by atoms with Gasteiger partial charge in [0.15, 0.2) is 0 Å². The molecule has 0 radical (unpaired) electrons. The maximum absolute atomic E-state index is 7.03. The molecule has 0 saturated carbocycles. The van der Waals surface area contributed by atoms with Crippen LogP contribution < -0.4 is 0 Å². The molecule has 0 aliphatic heterocycles. The Bertz CT molecular complexity index is 79.3. The van der Waals surface area contributed by atoms with E-state index in [4.69, 9.17) is 5.41 Å². The fraction of sp³-hybridized carbons (Fsp3) is 0.875. The Labute approximate surface area is 64.7 Å². The summed E-state index contributed by atoms with van der Waals surface area (Å²) in [4.78, 5) is 1.88. The van der Waals surface area contributed by atoms with E-state index in [9.17, 15) is 0 Å². The Balaban J connectivity index is 0. The van der Waals surface area contributed by atoms with Gasteiger partial charge >= 0.3 is 0 Å². The Morgan fingerprint density at radius 1 is 1.30 bits per heavy atom. The van der Waals surface area contributed by atoms with E-state index in [1.54, 1.807) is 6.92 Å². The molecule has 0 spiro atoms. The third kappa shape index (κ3) is 10.5. The summed E-state index contributed by atoms with van der Waals surface area (Å²) in [5, 5.41) is 7.03. The van der Waals surface area contributed by atoms with Crippen molar-refractivity contribution in [3.8, 4) is 0 Å². The van der Waals surface area contributed by atoms with Crippen LogP contribution in [-0.2, 0) is 0 Å². The first kappa shape index (κ1) is 12.2. The highest BCUT2D eigenvalue weighted by Gasteiger charge is 1.89. The number of hydrogen-bond donors (Lipinski definition) is 1. The quantitative estimate of drug-likeness (QED) is 0.444. The minimum absolute atomic E-state index is 0.627. The molecule has 2 heteroatoms. The Morgan fingerprint density at radius 3 is 1.60 bits per heavy atom. The average molecular weight is 144 g/mol. The molecule has 0 saturated heterocycles. The fourth-order valence-corrected chi connectivity index (χ4v) is 0.237. The van der Waals surface area contributed by atoms with E-state index < -0.39 is 0 Å². The molecule has 0 rings (SSSR count). The van der Waals surface area contributed by atoms with Crippen molar-refractivity contribution < 1.29 is 0 Å². The topological polar surface area (TPSA) is 27.1 Å². The number of nitrogens with zero attached hydrogens (tertiary/aromatic N) is 1. The molecule has 0 aromatic carbocycles. The number of nitrogens with one attached hydrogen (secondary N) is 1. The molecule has 0 unspecified atom stereocenters. The lowest BCUT2D eigenvalue weighted by Gasteiger charge is -2.12. The van der Waals surface area contributed by atoms with Crippen LogP contribution in [-0.4, -0.2) is 24.3 Å². The van der Waals surface area contributed by atoms with Gasteiger partial charge in [0, 0.05) is 13.6 Å². The molecular formula is C8H20N2. The maximum Gasteiger partial charge on any atom is 0.0923 e. The number of rotatable bonds is 1. The van der Waals surface area contributed by atoms with Crippen LogP contribution in [0.15, 0.2) is 0 Å². The molecule has 0 aliphatic rings. The first-order chi connectivity index (χ1) is 4.59. The van der Waals surface area contributed by atoms with E-state index in [1.165, 1.54) is 6.42 Å². The van der Waals surface area contributed by atoms with Gasteiger partial charge in [-0.15, -0.1) is 0 Å². The van der Waals surface area contributed by atoms with Crippen LogP contribution in [0.5, 0.6) is 0 Å². The Kier molecular flexibility index (Phi) is 10.3. The van der Waals surface area contributed by atoms with Gasteiger partial charge in [-0.05, 0) is 13.8 Å². The Hall–Kier alpha value is -0.530. The van der Waals surface area contributed by atoms with Crippen LogP contribution in [0.2, 0.25) is 0 Å². The van der Waals surface area contributed by atoms with E-state index in [1.807, 2.05) is 18.9 Å². The molecule has 0 heterocycles. The first-order valence-corrected chi connectivity index (χ1v) is 3.86. The second-order valence-corrected chi connectivity index (χ2v) is 2.31. The molecule has 0 aromatic heterocycles. The molecular weight excluding hydrogens is 124 g/mol. The van der Waals surface area contributed by atoms with Crippen LogP contribution in [0, 0.1) is 5.41 Å². The summed E-state index contributed by atoms with van der Waals surface area (Å²) in [7, 11) is 1.91. The lowest BCUT2D eigenvalue weighted by atomic mass is 10.5. The van der Waals surface area contributed by atoms with Crippen molar-refractivity contribution in [2.75, 3.05) is 13.6 Å². The smallest absolute Gasteiger partial charge is 0.0923 e. The van der Waals surface area contributed by atoms with Crippen molar-refractivity contribution in [3.05, 3.63) is 0 Å². The summed E-state index contributed by atoms with van der Waals surface area (Å²) in [6.45, 7) is 8.98. The summed E-state index contributed by atoms with van der Waals surface area (Å²) in [5.74, 6) is 0.627. The van der Waals surface area contributed by atoms with E-state index in [2.05, 4.69) is 13.8 Å². The zero-order valence-corrected chi connectivity index (χ0v) is 7.86. The maximum atomic E-state index is 7.03. The monoisotopic (exact) mass is 144 g/mol. The van der Waals surface area contributed by atoms with Gasteiger partial charge in [0.2, 0.25) is 0 Å². The average Bonchev–Trinajstić information content (AvgIpc) is 1.88. The SMILES string of the molecule is CCC.CCN(C)C(C)=N. The molecule has 0 fully saturated rings.